The lowest BCUT2D eigenvalue weighted by Gasteiger charge is -2.28. The van der Waals surface area contributed by atoms with Crippen LogP contribution in [0.4, 0.5) is 5.82 Å². The first kappa shape index (κ1) is 13.4. The zero-order chi connectivity index (χ0) is 12.8. The lowest BCUT2D eigenvalue weighted by atomic mass is 10.2. The number of aliphatic hydroxyl groups excluding tert-OH is 1. The molecule has 1 aromatic rings. The minimum Gasteiger partial charge on any atom is -0.465 e. The van der Waals surface area contributed by atoms with Crippen molar-refractivity contribution in [3.05, 3.63) is 23.9 Å². The van der Waals surface area contributed by atoms with E-state index in [1.165, 1.54) is 7.11 Å². The number of aromatic nitrogens is 1. The summed E-state index contributed by atoms with van der Waals surface area (Å²) in [6, 6.07) is 3.49. The van der Waals surface area contributed by atoms with Crippen molar-refractivity contribution in [3.63, 3.8) is 0 Å². The van der Waals surface area contributed by atoms with E-state index < -0.39 is 5.97 Å². The van der Waals surface area contributed by atoms with Crippen molar-refractivity contribution < 1.29 is 14.6 Å². The second-order valence-electron chi connectivity index (χ2n) is 3.88. The molecule has 0 saturated carbocycles. The van der Waals surface area contributed by atoms with Crippen LogP contribution in [0.25, 0.3) is 0 Å². The van der Waals surface area contributed by atoms with Crippen LogP contribution in [0.5, 0.6) is 0 Å². The number of pyridine rings is 1. The number of methoxy groups -OCH3 is 1. The number of carbonyl (C=O) groups is 1. The number of nitrogens with zero attached hydrogens (tertiary/aromatic N) is 2. The van der Waals surface area contributed by atoms with Crippen LogP contribution in [-0.2, 0) is 4.74 Å². The summed E-state index contributed by atoms with van der Waals surface area (Å²) in [7, 11) is 1.34. The van der Waals surface area contributed by atoms with Crippen molar-refractivity contribution in [1.82, 2.24) is 4.98 Å². The number of rotatable bonds is 5. The summed E-state index contributed by atoms with van der Waals surface area (Å²) < 4.78 is 4.72. The predicted molar refractivity (Wildman–Crippen MR) is 65.1 cm³/mol. The van der Waals surface area contributed by atoms with Crippen LogP contribution in [0.2, 0.25) is 0 Å². The van der Waals surface area contributed by atoms with Gasteiger partial charge in [0.25, 0.3) is 0 Å². The Morgan fingerprint density at radius 3 is 2.82 bits per heavy atom. The lowest BCUT2D eigenvalue weighted by Crippen LogP contribution is -2.35. The third-order valence-electron chi connectivity index (χ3n) is 2.43. The highest BCUT2D eigenvalue weighted by Gasteiger charge is 2.19. The van der Waals surface area contributed by atoms with Gasteiger partial charge in [-0.1, -0.05) is 0 Å². The molecule has 0 atom stereocenters. The summed E-state index contributed by atoms with van der Waals surface area (Å²) in [6.45, 7) is 4.39. The number of hydrogen-bond donors (Lipinski definition) is 1. The van der Waals surface area contributed by atoms with E-state index in [0.717, 1.165) is 0 Å². The minimum atomic E-state index is -0.420. The molecule has 0 radical (unpaired) electrons. The van der Waals surface area contributed by atoms with Crippen molar-refractivity contribution in [2.24, 2.45) is 0 Å². The van der Waals surface area contributed by atoms with E-state index in [1.807, 2.05) is 18.7 Å². The Hall–Kier alpha value is -1.62. The van der Waals surface area contributed by atoms with Gasteiger partial charge in [0.1, 0.15) is 11.4 Å². The Kier molecular flexibility index (Phi) is 4.90. The monoisotopic (exact) mass is 238 g/mol. The second-order valence-corrected chi connectivity index (χ2v) is 3.88. The van der Waals surface area contributed by atoms with Gasteiger partial charge in [0.2, 0.25) is 0 Å². The molecule has 0 fully saturated rings. The molecule has 0 unspecified atom stereocenters. The van der Waals surface area contributed by atoms with E-state index in [9.17, 15) is 4.79 Å². The molecule has 0 spiro atoms. The highest BCUT2D eigenvalue weighted by atomic mass is 16.5. The van der Waals surface area contributed by atoms with E-state index >= 15 is 0 Å². The van der Waals surface area contributed by atoms with E-state index in [0.29, 0.717) is 17.9 Å². The molecule has 0 saturated heterocycles. The number of ether oxygens (including phenoxy) is 1. The molecule has 0 aliphatic heterocycles. The Labute approximate surface area is 101 Å². The van der Waals surface area contributed by atoms with E-state index in [4.69, 9.17) is 9.84 Å². The summed E-state index contributed by atoms with van der Waals surface area (Å²) in [5.41, 5.74) is 0.414. The maximum Gasteiger partial charge on any atom is 0.341 e. The quantitative estimate of drug-likeness (QED) is 0.778. The predicted octanol–water partition coefficient (Wildman–Crippen LogP) is 1.08. The molecule has 5 nitrogen and oxygen atoms in total. The zero-order valence-corrected chi connectivity index (χ0v) is 10.4. The number of hydrogen-bond acceptors (Lipinski definition) is 5. The molecule has 0 aliphatic carbocycles. The van der Waals surface area contributed by atoms with Gasteiger partial charge in [-0.05, 0) is 26.0 Å². The molecular weight excluding hydrogens is 220 g/mol. The van der Waals surface area contributed by atoms with Crippen LogP contribution in [0.1, 0.15) is 24.2 Å². The van der Waals surface area contributed by atoms with Gasteiger partial charge >= 0.3 is 5.97 Å². The topological polar surface area (TPSA) is 62.7 Å². The first-order valence-electron chi connectivity index (χ1n) is 5.52. The van der Waals surface area contributed by atoms with Gasteiger partial charge in [-0.3, -0.25) is 0 Å². The molecule has 0 aromatic carbocycles. The molecule has 0 aliphatic rings. The van der Waals surface area contributed by atoms with Gasteiger partial charge < -0.3 is 14.7 Å². The lowest BCUT2D eigenvalue weighted by molar-refractivity contribution is 0.0601. The fourth-order valence-electron chi connectivity index (χ4n) is 1.61. The van der Waals surface area contributed by atoms with Gasteiger partial charge in [-0.25, -0.2) is 9.78 Å². The van der Waals surface area contributed by atoms with Gasteiger partial charge in [-0.15, -0.1) is 0 Å². The van der Waals surface area contributed by atoms with Gasteiger partial charge in [0, 0.05) is 18.8 Å². The van der Waals surface area contributed by atoms with Crippen molar-refractivity contribution in [2.75, 3.05) is 25.2 Å². The summed E-state index contributed by atoms with van der Waals surface area (Å²) in [5, 5.41) is 9.05. The molecule has 1 aromatic heterocycles. The highest BCUT2D eigenvalue weighted by molar-refractivity contribution is 5.94. The normalized spacial score (nSPS) is 10.4. The van der Waals surface area contributed by atoms with Crippen LogP contribution in [0, 0.1) is 0 Å². The van der Waals surface area contributed by atoms with Crippen LogP contribution in [-0.4, -0.2) is 42.4 Å². The smallest absolute Gasteiger partial charge is 0.341 e. The standard InChI is InChI=1S/C12H18N2O3/c1-9(2)14(7-8-15)11-10(12(16)17-3)5-4-6-13-11/h4-6,9,15H,7-8H2,1-3H3. The Balaban J connectivity index is 3.13. The van der Waals surface area contributed by atoms with Crippen LogP contribution in [0.15, 0.2) is 18.3 Å². The van der Waals surface area contributed by atoms with Crippen LogP contribution >= 0.6 is 0 Å². The Morgan fingerprint density at radius 2 is 2.29 bits per heavy atom. The van der Waals surface area contributed by atoms with E-state index in [-0.39, 0.29) is 12.6 Å². The van der Waals surface area contributed by atoms with Crippen molar-refractivity contribution in [1.29, 1.82) is 0 Å². The number of aliphatic hydroxyl groups is 1. The van der Waals surface area contributed by atoms with E-state index in [2.05, 4.69) is 4.98 Å². The summed E-state index contributed by atoms with van der Waals surface area (Å²) in [5.74, 6) is 0.125. The summed E-state index contributed by atoms with van der Waals surface area (Å²) in [4.78, 5) is 17.7. The molecule has 5 heteroatoms. The fraction of sp³-hybridized carbons (Fsp3) is 0.500. The molecule has 17 heavy (non-hydrogen) atoms. The molecule has 1 N–H and O–H groups in total. The Bertz CT molecular complexity index is 380. The summed E-state index contributed by atoms with van der Waals surface area (Å²) in [6.07, 6.45) is 1.62. The molecule has 1 heterocycles. The minimum absolute atomic E-state index is 0.00929. The number of carbonyl (C=O) groups excluding carboxylic acids is 1. The average molecular weight is 238 g/mol. The Morgan fingerprint density at radius 1 is 1.59 bits per heavy atom. The first-order valence-corrected chi connectivity index (χ1v) is 5.52. The second kappa shape index (κ2) is 6.20. The zero-order valence-electron chi connectivity index (χ0n) is 10.4. The first-order chi connectivity index (χ1) is 8.11. The van der Waals surface area contributed by atoms with Crippen molar-refractivity contribution >= 4 is 11.8 Å². The third-order valence-corrected chi connectivity index (χ3v) is 2.43. The molecule has 1 rings (SSSR count). The highest BCUT2D eigenvalue weighted by Crippen LogP contribution is 2.19. The van der Waals surface area contributed by atoms with Crippen LogP contribution in [0.3, 0.4) is 0 Å². The average Bonchev–Trinajstić information content (AvgIpc) is 2.34. The molecule has 0 amide bonds. The van der Waals surface area contributed by atoms with Crippen molar-refractivity contribution in [2.45, 2.75) is 19.9 Å². The van der Waals surface area contributed by atoms with Gasteiger partial charge in [0.05, 0.1) is 13.7 Å². The van der Waals surface area contributed by atoms with Gasteiger partial charge in [0.15, 0.2) is 0 Å². The largest absolute Gasteiger partial charge is 0.465 e. The van der Waals surface area contributed by atoms with Crippen molar-refractivity contribution in [3.8, 4) is 0 Å². The molecule has 94 valence electrons. The van der Waals surface area contributed by atoms with Crippen LogP contribution < -0.4 is 4.90 Å². The fourth-order valence-corrected chi connectivity index (χ4v) is 1.61. The SMILES string of the molecule is COC(=O)c1cccnc1N(CCO)C(C)C. The third kappa shape index (κ3) is 3.17. The van der Waals surface area contributed by atoms with E-state index in [1.54, 1.807) is 18.3 Å². The van der Waals surface area contributed by atoms with Gasteiger partial charge in [-0.2, -0.15) is 0 Å². The number of anilines is 1. The molecule has 0 bridgehead atoms. The summed E-state index contributed by atoms with van der Waals surface area (Å²) >= 11 is 0. The molecular formula is C12H18N2O3. The maximum atomic E-state index is 11.6. The maximum absolute atomic E-state index is 11.6. The number of esters is 1.